The van der Waals surface area contributed by atoms with E-state index in [-0.39, 0.29) is 18.0 Å². The number of nitrogens with zero attached hydrogens (tertiary/aromatic N) is 2. The zero-order valence-electron chi connectivity index (χ0n) is 15.7. The maximum absolute atomic E-state index is 13.5. The van der Waals surface area contributed by atoms with Gasteiger partial charge in [-0.1, -0.05) is 24.3 Å². The number of rotatable bonds is 5. The van der Waals surface area contributed by atoms with E-state index in [9.17, 15) is 18.4 Å². The second-order valence-electron chi connectivity index (χ2n) is 7.00. The lowest BCUT2D eigenvalue weighted by Gasteiger charge is -2.43. The molecule has 1 fully saturated rings. The summed E-state index contributed by atoms with van der Waals surface area (Å²) in [7, 11) is -0.707. The fraction of sp³-hybridized carbons (Fsp3) is 0.316. The van der Waals surface area contributed by atoms with Gasteiger partial charge in [0.2, 0.25) is 0 Å². The average molecular weight is 405 g/mol. The van der Waals surface area contributed by atoms with Gasteiger partial charge in [0.25, 0.3) is 5.91 Å². The summed E-state index contributed by atoms with van der Waals surface area (Å²) in [5.41, 5.74) is 1.54. The van der Waals surface area contributed by atoms with Crippen LogP contribution in [0.3, 0.4) is 0 Å². The highest BCUT2D eigenvalue weighted by molar-refractivity contribution is 7.93. The van der Waals surface area contributed by atoms with Crippen molar-refractivity contribution < 1.29 is 23.2 Å². The van der Waals surface area contributed by atoms with Gasteiger partial charge in [-0.2, -0.15) is 0 Å². The van der Waals surface area contributed by atoms with Crippen molar-refractivity contribution in [3.05, 3.63) is 54.6 Å². The normalized spacial score (nSPS) is 17.8. The van der Waals surface area contributed by atoms with Crippen LogP contribution in [0.4, 0.5) is 0 Å². The molecule has 1 saturated heterocycles. The van der Waals surface area contributed by atoms with E-state index in [1.54, 1.807) is 53.6 Å². The van der Waals surface area contributed by atoms with Gasteiger partial charge < -0.3 is 4.74 Å². The number of hydrogen-bond acceptors (Lipinski definition) is 7. The fourth-order valence-electron chi connectivity index (χ4n) is 3.53. The van der Waals surface area contributed by atoms with Crippen molar-refractivity contribution in [1.29, 1.82) is 0 Å². The molecule has 1 aliphatic rings. The molecular formula is C19H23N3O5S. The first kappa shape index (κ1) is 20.3. The van der Waals surface area contributed by atoms with Crippen molar-refractivity contribution in [2.75, 3.05) is 33.9 Å². The van der Waals surface area contributed by atoms with Crippen LogP contribution in [-0.2, 0) is 14.6 Å². The predicted octanol–water partition coefficient (Wildman–Crippen LogP) is 1.33. The number of carbonyl (C=O) groups excluding carboxylic acids is 1. The standard InChI is InChI=1S/C19H23N3O5S/c1-21-12-19(18(23)20-24,13-22(2)14-21)28(25,26)17-10-6-9-16(11-17)27-15-7-4-3-5-8-15/h3-11,24H,12-14H2,1-2H3,(H,20,23). The van der Waals surface area contributed by atoms with Crippen LogP contribution in [0.5, 0.6) is 11.5 Å². The Morgan fingerprint density at radius 2 is 1.64 bits per heavy atom. The lowest BCUT2D eigenvalue weighted by Crippen LogP contribution is -2.67. The lowest BCUT2D eigenvalue weighted by molar-refractivity contribution is -0.134. The highest BCUT2D eigenvalue weighted by Gasteiger charge is 2.54. The molecule has 28 heavy (non-hydrogen) atoms. The average Bonchev–Trinajstić information content (AvgIpc) is 2.67. The molecule has 8 nitrogen and oxygen atoms in total. The SMILES string of the molecule is CN1CN(C)CC(C(=O)NO)(S(=O)(=O)c2cccc(Oc3ccccc3)c2)C1. The van der Waals surface area contributed by atoms with Gasteiger partial charge in [0.05, 0.1) is 11.6 Å². The van der Waals surface area contributed by atoms with E-state index in [0.29, 0.717) is 18.2 Å². The number of para-hydroxylation sites is 1. The van der Waals surface area contributed by atoms with Gasteiger partial charge in [-0.05, 0) is 44.4 Å². The Labute approximate surface area is 164 Å². The first-order valence-corrected chi connectivity index (χ1v) is 10.2. The molecule has 3 rings (SSSR count). The zero-order chi connectivity index (χ0) is 20.4. The topological polar surface area (TPSA) is 99.2 Å². The molecular weight excluding hydrogens is 382 g/mol. The first-order valence-electron chi connectivity index (χ1n) is 8.68. The molecule has 2 aromatic carbocycles. The summed E-state index contributed by atoms with van der Waals surface area (Å²) in [6.07, 6.45) is 0. The lowest BCUT2D eigenvalue weighted by atomic mass is 10.1. The summed E-state index contributed by atoms with van der Waals surface area (Å²) in [6, 6.07) is 15.0. The van der Waals surface area contributed by atoms with Crippen molar-refractivity contribution in [3.63, 3.8) is 0 Å². The number of carbonyl (C=O) groups is 1. The van der Waals surface area contributed by atoms with Crippen molar-refractivity contribution in [2.45, 2.75) is 9.64 Å². The van der Waals surface area contributed by atoms with E-state index >= 15 is 0 Å². The van der Waals surface area contributed by atoms with Gasteiger partial charge >= 0.3 is 0 Å². The van der Waals surface area contributed by atoms with Crippen LogP contribution >= 0.6 is 0 Å². The Morgan fingerprint density at radius 1 is 1.04 bits per heavy atom. The highest BCUT2D eigenvalue weighted by Crippen LogP contribution is 2.33. The molecule has 150 valence electrons. The first-order chi connectivity index (χ1) is 13.3. The summed E-state index contributed by atoms with van der Waals surface area (Å²) in [5.74, 6) is -0.0540. The predicted molar refractivity (Wildman–Crippen MR) is 103 cm³/mol. The Balaban J connectivity index is 2.02. The minimum Gasteiger partial charge on any atom is -0.457 e. The molecule has 1 heterocycles. The molecule has 0 spiro atoms. The van der Waals surface area contributed by atoms with Gasteiger partial charge in [0, 0.05) is 13.1 Å². The van der Waals surface area contributed by atoms with E-state index in [2.05, 4.69) is 0 Å². The number of ether oxygens (including phenoxy) is 1. The summed E-state index contributed by atoms with van der Waals surface area (Å²) in [4.78, 5) is 15.9. The number of hydroxylamine groups is 1. The maximum atomic E-state index is 13.5. The molecule has 0 aliphatic carbocycles. The molecule has 0 unspecified atom stereocenters. The number of sulfone groups is 1. The van der Waals surface area contributed by atoms with E-state index < -0.39 is 20.5 Å². The van der Waals surface area contributed by atoms with Crippen LogP contribution in [-0.4, -0.2) is 67.9 Å². The Kier molecular flexibility index (Phi) is 5.71. The smallest absolute Gasteiger partial charge is 0.267 e. The second-order valence-corrected chi connectivity index (χ2v) is 9.26. The van der Waals surface area contributed by atoms with E-state index in [0.717, 1.165) is 0 Å². The molecule has 2 aromatic rings. The van der Waals surface area contributed by atoms with Crippen molar-refractivity contribution in [3.8, 4) is 11.5 Å². The van der Waals surface area contributed by atoms with Crippen LogP contribution in [0, 0.1) is 0 Å². The van der Waals surface area contributed by atoms with Crippen LogP contribution in [0.1, 0.15) is 0 Å². The highest BCUT2D eigenvalue weighted by atomic mass is 32.2. The summed E-state index contributed by atoms with van der Waals surface area (Å²) in [6.45, 7) is 0.415. The van der Waals surface area contributed by atoms with Crippen molar-refractivity contribution >= 4 is 15.7 Å². The van der Waals surface area contributed by atoms with Gasteiger partial charge in [-0.15, -0.1) is 0 Å². The van der Waals surface area contributed by atoms with Crippen molar-refractivity contribution in [2.24, 2.45) is 0 Å². The molecule has 9 heteroatoms. The summed E-state index contributed by atoms with van der Waals surface area (Å²) >= 11 is 0. The summed E-state index contributed by atoms with van der Waals surface area (Å²) < 4.78 is 30.9. The third-order valence-electron chi connectivity index (χ3n) is 4.66. The quantitative estimate of drug-likeness (QED) is 0.572. The van der Waals surface area contributed by atoms with Gasteiger partial charge in [0.1, 0.15) is 11.5 Å². The molecule has 0 aromatic heterocycles. The number of amides is 1. The molecule has 0 saturated carbocycles. The molecule has 0 bridgehead atoms. The molecule has 0 atom stereocenters. The third kappa shape index (κ3) is 3.74. The Bertz CT molecular complexity index is 939. The monoisotopic (exact) mass is 405 g/mol. The molecule has 0 radical (unpaired) electrons. The summed E-state index contributed by atoms with van der Waals surface area (Å²) in [5, 5.41) is 9.26. The van der Waals surface area contributed by atoms with Crippen LogP contribution < -0.4 is 10.2 Å². The largest absolute Gasteiger partial charge is 0.457 e. The maximum Gasteiger partial charge on any atom is 0.267 e. The fourth-order valence-corrected chi connectivity index (χ4v) is 5.58. The third-order valence-corrected chi connectivity index (χ3v) is 7.00. The Morgan fingerprint density at radius 3 is 2.25 bits per heavy atom. The number of benzene rings is 2. The number of hydrogen-bond donors (Lipinski definition) is 2. The van der Waals surface area contributed by atoms with Crippen LogP contribution in [0.15, 0.2) is 59.5 Å². The zero-order valence-corrected chi connectivity index (χ0v) is 16.5. The Hall–Kier alpha value is -2.46. The molecule has 2 N–H and O–H groups in total. The van der Waals surface area contributed by atoms with E-state index in [1.807, 2.05) is 18.2 Å². The van der Waals surface area contributed by atoms with Crippen molar-refractivity contribution in [1.82, 2.24) is 15.3 Å². The molecule has 1 aliphatic heterocycles. The molecule has 1 amide bonds. The number of nitrogens with one attached hydrogen (secondary N) is 1. The van der Waals surface area contributed by atoms with E-state index in [1.165, 1.54) is 12.1 Å². The van der Waals surface area contributed by atoms with Crippen LogP contribution in [0.2, 0.25) is 0 Å². The van der Waals surface area contributed by atoms with Gasteiger partial charge in [-0.25, -0.2) is 13.9 Å². The van der Waals surface area contributed by atoms with E-state index in [4.69, 9.17) is 4.74 Å². The van der Waals surface area contributed by atoms with Crippen LogP contribution in [0.25, 0.3) is 0 Å². The minimum atomic E-state index is -4.15. The van der Waals surface area contributed by atoms with Gasteiger partial charge in [0.15, 0.2) is 14.6 Å². The second kappa shape index (κ2) is 7.88. The minimum absolute atomic E-state index is 0.0458. The van der Waals surface area contributed by atoms with Gasteiger partial charge in [-0.3, -0.25) is 19.8 Å².